The normalized spacial score (nSPS) is 24.0. The number of sulfonamides is 1. The molecule has 1 saturated heterocycles. The SMILES string of the molecule is CCOc1cc(C)ccc1S(=O)(=O)N1C[C@H](C)O[C@@H](C)C1. The van der Waals surface area contributed by atoms with E-state index in [4.69, 9.17) is 9.47 Å². The monoisotopic (exact) mass is 313 g/mol. The van der Waals surface area contributed by atoms with Gasteiger partial charge in [-0.2, -0.15) is 4.31 Å². The lowest BCUT2D eigenvalue weighted by Crippen LogP contribution is -2.48. The summed E-state index contributed by atoms with van der Waals surface area (Å²) < 4.78 is 38.4. The van der Waals surface area contributed by atoms with Crippen molar-refractivity contribution < 1.29 is 17.9 Å². The maximum atomic E-state index is 12.9. The highest BCUT2D eigenvalue weighted by molar-refractivity contribution is 7.89. The average molecular weight is 313 g/mol. The van der Waals surface area contributed by atoms with E-state index in [-0.39, 0.29) is 17.1 Å². The van der Waals surface area contributed by atoms with Crippen molar-refractivity contribution in [3.8, 4) is 5.75 Å². The van der Waals surface area contributed by atoms with E-state index in [0.29, 0.717) is 25.4 Å². The number of hydrogen-bond acceptors (Lipinski definition) is 4. The second-order valence-electron chi connectivity index (χ2n) is 5.46. The molecule has 1 heterocycles. The van der Waals surface area contributed by atoms with Crippen molar-refractivity contribution in [2.75, 3.05) is 19.7 Å². The largest absolute Gasteiger partial charge is 0.492 e. The predicted octanol–water partition coefficient (Wildman–Crippen LogP) is 2.19. The molecule has 1 aromatic carbocycles. The third-order valence-corrected chi connectivity index (χ3v) is 5.27. The Kier molecular flexibility index (Phi) is 4.91. The molecule has 118 valence electrons. The van der Waals surface area contributed by atoms with Gasteiger partial charge in [-0.3, -0.25) is 0 Å². The molecule has 1 fully saturated rings. The van der Waals surface area contributed by atoms with Gasteiger partial charge in [0.05, 0.1) is 18.8 Å². The van der Waals surface area contributed by atoms with E-state index in [1.807, 2.05) is 27.7 Å². The Morgan fingerprint density at radius 1 is 1.29 bits per heavy atom. The van der Waals surface area contributed by atoms with E-state index in [9.17, 15) is 8.42 Å². The van der Waals surface area contributed by atoms with Crippen LogP contribution in [0, 0.1) is 6.92 Å². The molecule has 5 nitrogen and oxygen atoms in total. The van der Waals surface area contributed by atoms with Gasteiger partial charge in [-0.1, -0.05) is 6.07 Å². The fourth-order valence-corrected chi connectivity index (χ4v) is 4.27. The molecule has 6 heteroatoms. The summed E-state index contributed by atoms with van der Waals surface area (Å²) >= 11 is 0. The zero-order chi connectivity index (χ0) is 15.6. The van der Waals surface area contributed by atoms with E-state index in [2.05, 4.69) is 0 Å². The van der Waals surface area contributed by atoms with Crippen LogP contribution in [0.5, 0.6) is 5.75 Å². The van der Waals surface area contributed by atoms with Crippen LogP contribution in [-0.2, 0) is 14.8 Å². The average Bonchev–Trinajstić information content (AvgIpc) is 2.37. The fourth-order valence-electron chi connectivity index (χ4n) is 2.56. The Labute approximate surface area is 126 Å². The van der Waals surface area contributed by atoms with E-state index < -0.39 is 10.0 Å². The van der Waals surface area contributed by atoms with Gasteiger partial charge in [0.25, 0.3) is 0 Å². The Morgan fingerprint density at radius 3 is 2.48 bits per heavy atom. The number of benzene rings is 1. The molecule has 0 bridgehead atoms. The minimum absolute atomic E-state index is 0.107. The van der Waals surface area contributed by atoms with Crippen LogP contribution in [0.4, 0.5) is 0 Å². The van der Waals surface area contributed by atoms with Gasteiger partial charge >= 0.3 is 0 Å². The van der Waals surface area contributed by atoms with Crippen LogP contribution < -0.4 is 4.74 Å². The fraction of sp³-hybridized carbons (Fsp3) is 0.600. The number of morpholine rings is 1. The first kappa shape index (κ1) is 16.3. The predicted molar refractivity (Wildman–Crippen MR) is 81.1 cm³/mol. The van der Waals surface area contributed by atoms with Gasteiger partial charge < -0.3 is 9.47 Å². The molecule has 0 amide bonds. The number of rotatable bonds is 4. The van der Waals surface area contributed by atoms with E-state index in [0.717, 1.165) is 5.56 Å². The van der Waals surface area contributed by atoms with E-state index in [1.165, 1.54) is 4.31 Å². The molecule has 0 unspecified atom stereocenters. The van der Waals surface area contributed by atoms with Crippen molar-refractivity contribution in [2.24, 2.45) is 0 Å². The molecule has 2 atom stereocenters. The van der Waals surface area contributed by atoms with Crippen LogP contribution in [0.15, 0.2) is 23.1 Å². The number of nitrogens with zero attached hydrogens (tertiary/aromatic N) is 1. The van der Waals surface area contributed by atoms with Gasteiger partial charge in [0.2, 0.25) is 10.0 Å². The van der Waals surface area contributed by atoms with Crippen molar-refractivity contribution in [1.29, 1.82) is 0 Å². The summed E-state index contributed by atoms with van der Waals surface area (Å²) in [6.07, 6.45) is -0.214. The molecular weight excluding hydrogens is 290 g/mol. The lowest BCUT2D eigenvalue weighted by molar-refractivity contribution is -0.0441. The van der Waals surface area contributed by atoms with Gasteiger partial charge in [0.1, 0.15) is 10.6 Å². The van der Waals surface area contributed by atoms with Gasteiger partial charge in [-0.25, -0.2) is 8.42 Å². The first-order valence-corrected chi connectivity index (χ1v) is 8.67. The summed E-state index contributed by atoms with van der Waals surface area (Å²) in [6.45, 7) is 8.70. The number of aryl methyl sites for hydroxylation is 1. The second kappa shape index (κ2) is 6.34. The first-order valence-electron chi connectivity index (χ1n) is 7.23. The zero-order valence-corrected chi connectivity index (χ0v) is 13.8. The summed E-state index contributed by atoms with van der Waals surface area (Å²) in [5.74, 6) is 0.421. The van der Waals surface area contributed by atoms with E-state index in [1.54, 1.807) is 18.2 Å². The van der Waals surface area contributed by atoms with Crippen molar-refractivity contribution in [3.63, 3.8) is 0 Å². The lowest BCUT2D eigenvalue weighted by atomic mass is 10.2. The molecule has 1 aliphatic heterocycles. The Bertz CT molecular complexity index is 590. The smallest absolute Gasteiger partial charge is 0.246 e. The van der Waals surface area contributed by atoms with Crippen molar-refractivity contribution in [1.82, 2.24) is 4.31 Å². The van der Waals surface area contributed by atoms with E-state index >= 15 is 0 Å². The van der Waals surface area contributed by atoms with Gasteiger partial charge in [-0.15, -0.1) is 0 Å². The van der Waals surface area contributed by atoms with Crippen LogP contribution in [0.3, 0.4) is 0 Å². The highest BCUT2D eigenvalue weighted by Gasteiger charge is 2.33. The summed E-state index contributed by atoms with van der Waals surface area (Å²) in [7, 11) is -3.57. The van der Waals surface area contributed by atoms with Gasteiger partial charge in [0, 0.05) is 13.1 Å². The molecule has 0 N–H and O–H groups in total. The maximum absolute atomic E-state index is 12.9. The molecule has 0 aromatic heterocycles. The van der Waals surface area contributed by atoms with Gasteiger partial charge in [0.15, 0.2) is 0 Å². The third-order valence-electron chi connectivity index (χ3n) is 3.40. The Hall–Kier alpha value is -1.11. The van der Waals surface area contributed by atoms with Crippen LogP contribution in [-0.4, -0.2) is 44.6 Å². The third kappa shape index (κ3) is 3.56. The standard InChI is InChI=1S/C15H23NO4S/c1-5-19-14-8-11(2)6-7-15(14)21(17,18)16-9-12(3)20-13(4)10-16/h6-8,12-13H,5,9-10H2,1-4H3/t12-,13-/m0/s1. The molecule has 1 aromatic rings. The molecule has 0 spiro atoms. The molecule has 0 saturated carbocycles. The topological polar surface area (TPSA) is 55.8 Å². The number of hydrogen-bond donors (Lipinski definition) is 0. The Balaban J connectivity index is 2.39. The molecule has 21 heavy (non-hydrogen) atoms. The molecule has 2 rings (SSSR count). The molecular formula is C15H23NO4S. The van der Waals surface area contributed by atoms with Crippen molar-refractivity contribution in [2.45, 2.75) is 44.8 Å². The minimum atomic E-state index is -3.57. The quantitative estimate of drug-likeness (QED) is 0.855. The Morgan fingerprint density at radius 2 is 1.90 bits per heavy atom. The number of ether oxygens (including phenoxy) is 2. The first-order chi connectivity index (χ1) is 9.84. The maximum Gasteiger partial charge on any atom is 0.246 e. The zero-order valence-electron chi connectivity index (χ0n) is 13.0. The molecule has 0 radical (unpaired) electrons. The lowest BCUT2D eigenvalue weighted by Gasteiger charge is -2.34. The minimum Gasteiger partial charge on any atom is -0.492 e. The summed E-state index contributed by atoms with van der Waals surface area (Å²) in [5.41, 5.74) is 0.973. The van der Waals surface area contributed by atoms with Crippen molar-refractivity contribution >= 4 is 10.0 Å². The highest BCUT2D eigenvalue weighted by atomic mass is 32.2. The van der Waals surface area contributed by atoms with Gasteiger partial charge in [-0.05, 0) is 45.4 Å². The van der Waals surface area contributed by atoms with Crippen LogP contribution >= 0.6 is 0 Å². The highest BCUT2D eigenvalue weighted by Crippen LogP contribution is 2.29. The summed E-state index contributed by atoms with van der Waals surface area (Å²) in [6, 6.07) is 5.19. The molecule has 1 aliphatic rings. The molecule has 0 aliphatic carbocycles. The summed E-state index contributed by atoms with van der Waals surface area (Å²) in [5, 5.41) is 0. The van der Waals surface area contributed by atoms with Crippen LogP contribution in [0.2, 0.25) is 0 Å². The van der Waals surface area contributed by atoms with Crippen molar-refractivity contribution in [3.05, 3.63) is 23.8 Å². The van der Waals surface area contributed by atoms with Crippen LogP contribution in [0.1, 0.15) is 26.3 Å². The van der Waals surface area contributed by atoms with Crippen LogP contribution in [0.25, 0.3) is 0 Å². The second-order valence-corrected chi connectivity index (χ2v) is 7.37. The summed E-state index contributed by atoms with van der Waals surface area (Å²) in [4.78, 5) is 0.233.